The van der Waals surface area contributed by atoms with E-state index in [2.05, 4.69) is 5.10 Å². The number of carbonyl (C=O) groups is 1. The van der Waals surface area contributed by atoms with Crippen LogP contribution >= 0.6 is 0 Å². The van der Waals surface area contributed by atoms with Crippen LogP contribution in [0.5, 0.6) is 0 Å². The van der Waals surface area contributed by atoms with Crippen molar-refractivity contribution in [2.24, 2.45) is 7.05 Å². The molecule has 1 aromatic heterocycles. The lowest BCUT2D eigenvalue weighted by molar-refractivity contribution is 0.112. The highest BCUT2D eigenvalue weighted by Crippen LogP contribution is 2.22. The molecule has 2 rings (SSSR count). The molecule has 0 aliphatic carbocycles. The Morgan fingerprint density at radius 3 is 2.80 bits per heavy atom. The third-order valence-electron chi connectivity index (χ3n) is 2.35. The molecule has 0 saturated carbocycles. The molecule has 3 heteroatoms. The maximum Gasteiger partial charge on any atom is 0.150 e. The van der Waals surface area contributed by atoms with Crippen molar-refractivity contribution in [2.45, 2.75) is 6.92 Å². The molecule has 1 heterocycles. The summed E-state index contributed by atoms with van der Waals surface area (Å²) >= 11 is 0. The Balaban J connectivity index is 2.57. The lowest BCUT2D eigenvalue weighted by Gasteiger charge is -2.02. The van der Waals surface area contributed by atoms with Gasteiger partial charge in [0, 0.05) is 24.4 Å². The highest BCUT2D eigenvalue weighted by Gasteiger charge is 2.06. The molecular formula is C12H12N2O. The molecule has 0 aliphatic heterocycles. The van der Waals surface area contributed by atoms with Crippen LogP contribution in [0.3, 0.4) is 0 Å². The molecule has 0 radical (unpaired) electrons. The predicted octanol–water partition coefficient (Wildman–Crippen LogP) is 2.21. The van der Waals surface area contributed by atoms with E-state index in [9.17, 15) is 4.79 Å². The number of benzene rings is 1. The van der Waals surface area contributed by atoms with E-state index in [1.165, 1.54) is 0 Å². The van der Waals surface area contributed by atoms with Gasteiger partial charge in [0.05, 0.1) is 6.20 Å². The smallest absolute Gasteiger partial charge is 0.150 e. The first-order valence-corrected chi connectivity index (χ1v) is 4.75. The zero-order chi connectivity index (χ0) is 10.8. The van der Waals surface area contributed by atoms with Crippen LogP contribution in [-0.4, -0.2) is 16.1 Å². The maximum absolute atomic E-state index is 10.9. The van der Waals surface area contributed by atoms with Crippen molar-refractivity contribution in [3.63, 3.8) is 0 Å². The van der Waals surface area contributed by atoms with Crippen LogP contribution in [0.4, 0.5) is 0 Å². The molecule has 1 aromatic carbocycles. The van der Waals surface area contributed by atoms with Crippen LogP contribution in [0.2, 0.25) is 0 Å². The summed E-state index contributed by atoms with van der Waals surface area (Å²) in [6.45, 7) is 1.97. The number of carbonyl (C=O) groups excluding carboxylic acids is 1. The van der Waals surface area contributed by atoms with Crippen molar-refractivity contribution < 1.29 is 4.79 Å². The minimum atomic E-state index is 0.711. The van der Waals surface area contributed by atoms with Gasteiger partial charge in [-0.2, -0.15) is 5.10 Å². The summed E-state index contributed by atoms with van der Waals surface area (Å²) in [5.74, 6) is 0. The zero-order valence-electron chi connectivity index (χ0n) is 8.77. The van der Waals surface area contributed by atoms with Crippen LogP contribution in [0.15, 0.2) is 30.6 Å². The largest absolute Gasteiger partial charge is 0.298 e. The van der Waals surface area contributed by atoms with Crippen molar-refractivity contribution in [1.29, 1.82) is 0 Å². The number of hydrogen-bond acceptors (Lipinski definition) is 2. The van der Waals surface area contributed by atoms with Crippen molar-refractivity contribution >= 4 is 6.29 Å². The topological polar surface area (TPSA) is 34.9 Å². The number of rotatable bonds is 2. The van der Waals surface area contributed by atoms with Crippen molar-refractivity contribution in [3.8, 4) is 11.1 Å². The SMILES string of the molecule is Cc1ccc(-c2cnn(C)c2)c(C=O)c1. The first-order valence-electron chi connectivity index (χ1n) is 4.75. The highest BCUT2D eigenvalue weighted by molar-refractivity contribution is 5.87. The minimum absolute atomic E-state index is 0.711. The number of aryl methyl sites for hydroxylation is 2. The van der Waals surface area contributed by atoms with Gasteiger partial charge >= 0.3 is 0 Å². The average molecular weight is 200 g/mol. The van der Waals surface area contributed by atoms with E-state index in [1.807, 2.05) is 38.4 Å². The van der Waals surface area contributed by atoms with Crippen molar-refractivity contribution in [2.75, 3.05) is 0 Å². The second-order valence-corrected chi connectivity index (χ2v) is 3.61. The van der Waals surface area contributed by atoms with Gasteiger partial charge in [0.25, 0.3) is 0 Å². The molecule has 0 atom stereocenters. The average Bonchev–Trinajstić information content (AvgIpc) is 2.64. The minimum Gasteiger partial charge on any atom is -0.298 e. The standard InChI is InChI=1S/C12H12N2O/c1-9-3-4-12(10(5-9)8-15)11-6-13-14(2)7-11/h3-8H,1-2H3. The van der Waals surface area contributed by atoms with E-state index in [4.69, 9.17) is 0 Å². The Kier molecular flexibility index (Phi) is 2.37. The molecule has 3 nitrogen and oxygen atoms in total. The van der Waals surface area contributed by atoms with Crippen LogP contribution in [-0.2, 0) is 7.05 Å². The van der Waals surface area contributed by atoms with Gasteiger partial charge in [0.2, 0.25) is 0 Å². The quantitative estimate of drug-likeness (QED) is 0.696. The molecule has 2 aromatic rings. The van der Waals surface area contributed by atoms with Gasteiger partial charge in [-0.05, 0) is 18.6 Å². The Hall–Kier alpha value is -1.90. The van der Waals surface area contributed by atoms with E-state index < -0.39 is 0 Å². The van der Waals surface area contributed by atoms with Gasteiger partial charge in [-0.25, -0.2) is 0 Å². The molecule has 0 N–H and O–H groups in total. The lowest BCUT2D eigenvalue weighted by Crippen LogP contribution is -1.88. The Labute approximate surface area is 88.4 Å². The molecule has 0 spiro atoms. The number of hydrogen-bond donors (Lipinski definition) is 0. The second-order valence-electron chi connectivity index (χ2n) is 3.61. The Morgan fingerprint density at radius 1 is 1.40 bits per heavy atom. The fourth-order valence-corrected chi connectivity index (χ4v) is 1.60. The molecular weight excluding hydrogens is 188 g/mol. The Morgan fingerprint density at radius 2 is 2.20 bits per heavy atom. The molecule has 0 aliphatic rings. The molecule has 0 amide bonds. The first kappa shape index (κ1) is 9.65. The molecule has 0 unspecified atom stereocenters. The molecule has 0 fully saturated rings. The summed E-state index contributed by atoms with van der Waals surface area (Å²) in [6.07, 6.45) is 4.55. The Bertz CT molecular complexity index is 500. The van der Waals surface area contributed by atoms with E-state index in [-0.39, 0.29) is 0 Å². The predicted molar refractivity (Wildman–Crippen MR) is 58.8 cm³/mol. The highest BCUT2D eigenvalue weighted by atomic mass is 16.1. The molecule has 76 valence electrons. The summed E-state index contributed by atoms with van der Waals surface area (Å²) in [5, 5.41) is 4.09. The maximum atomic E-state index is 10.9. The van der Waals surface area contributed by atoms with E-state index in [0.29, 0.717) is 5.56 Å². The molecule has 0 bridgehead atoms. The first-order chi connectivity index (χ1) is 7.20. The molecule has 15 heavy (non-hydrogen) atoms. The lowest BCUT2D eigenvalue weighted by atomic mass is 10.0. The fraction of sp³-hybridized carbons (Fsp3) is 0.167. The monoisotopic (exact) mass is 200 g/mol. The van der Waals surface area contributed by atoms with E-state index >= 15 is 0 Å². The van der Waals surface area contributed by atoms with Gasteiger partial charge in [-0.3, -0.25) is 9.48 Å². The number of aldehydes is 1. The normalized spacial score (nSPS) is 10.3. The van der Waals surface area contributed by atoms with Crippen molar-refractivity contribution in [1.82, 2.24) is 9.78 Å². The summed E-state index contributed by atoms with van der Waals surface area (Å²) in [6, 6.07) is 5.83. The third-order valence-corrected chi connectivity index (χ3v) is 2.35. The van der Waals surface area contributed by atoms with Crippen molar-refractivity contribution in [3.05, 3.63) is 41.7 Å². The zero-order valence-corrected chi connectivity index (χ0v) is 8.77. The number of aromatic nitrogens is 2. The second kappa shape index (κ2) is 3.69. The molecule has 0 saturated heterocycles. The van der Waals surface area contributed by atoms with Crippen LogP contribution in [0.1, 0.15) is 15.9 Å². The van der Waals surface area contributed by atoms with Gasteiger partial charge < -0.3 is 0 Å². The van der Waals surface area contributed by atoms with Gasteiger partial charge in [-0.15, -0.1) is 0 Å². The summed E-state index contributed by atoms with van der Waals surface area (Å²) in [5.41, 5.74) is 3.70. The number of nitrogens with zero attached hydrogens (tertiary/aromatic N) is 2. The third kappa shape index (κ3) is 1.81. The van der Waals surface area contributed by atoms with Crippen LogP contribution < -0.4 is 0 Å². The summed E-state index contributed by atoms with van der Waals surface area (Å²) in [4.78, 5) is 10.9. The van der Waals surface area contributed by atoms with Gasteiger partial charge in [0.1, 0.15) is 0 Å². The van der Waals surface area contributed by atoms with Gasteiger partial charge in [0.15, 0.2) is 6.29 Å². The van der Waals surface area contributed by atoms with E-state index in [0.717, 1.165) is 23.0 Å². The summed E-state index contributed by atoms with van der Waals surface area (Å²) in [7, 11) is 1.86. The fourth-order valence-electron chi connectivity index (χ4n) is 1.60. The van der Waals surface area contributed by atoms with E-state index in [1.54, 1.807) is 10.9 Å². The van der Waals surface area contributed by atoms with Crippen LogP contribution in [0.25, 0.3) is 11.1 Å². The summed E-state index contributed by atoms with van der Waals surface area (Å²) < 4.78 is 1.73. The van der Waals surface area contributed by atoms with Crippen LogP contribution in [0, 0.1) is 6.92 Å². The van der Waals surface area contributed by atoms with Gasteiger partial charge in [-0.1, -0.05) is 17.7 Å².